The Kier molecular flexibility index (Phi) is 4.01. The third-order valence-electron chi connectivity index (χ3n) is 2.32. The molecule has 1 amide bonds. The van der Waals surface area contributed by atoms with Crippen molar-refractivity contribution in [2.45, 2.75) is 19.9 Å². The summed E-state index contributed by atoms with van der Waals surface area (Å²) in [6.07, 6.45) is 1.62. The van der Waals surface area contributed by atoms with Gasteiger partial charge in [-0.25, -0.2) is 0 Å². The molecule has 0 aliphatic heterocycles. The molecular weight excluding hydrogens is 202 g/mol. The van der Waals surface area contributed by atoms with E-state index in [2.05, 4.69) is 11.1 Å². The van der Waals surface area contributed by atoms with E-state index in [4.69, 9.17) is 5.26 Å². The minimum absolute atomic E-state index is 0.0581. The average molecular weight is 217 g/mol. The van der Waals surface area contributed by atoms with Gasteiger partial charge < -0.3 is 4.90 Å². The molecule has 1 aromatic rings. The number of carbonyl (C=O) groups excluding carboxylic acids is 1. The van der Waals surface area contributed by atoms with Gasteiger partial charge in [0.05, 0.1) is 11.8 Å². The van der Waals surface area contributed by atoms with Crippen molar-refractivity contribution in [3.05, 3.63) is 30.1 Å². The third-order valence-corrected chi connectivity index (χ3v) is 2.32. The first kappa shape index (κ1) is 12.2. The molecule has 0 spiro atoms. The second-order valence-corrected chi connectivity index (χ2v) is 3.89. The van der Waals surface area contributed by atoms with E-state index in [9.17, 15) is 4.79 Å². The molecule has 1 heterocycles. The first-order valence-electron chi connectivity index (χ1n) is 5.15. The van der Waals surface area contributed by atoms with Crippen LogP contribution < -0.4 is 0 Å². The first-order valence-corrected chi connectivity index (χ1v) is 5.15. The SMILES string of the molecule is CC(C)C(=O)N(C)C(C#N)c1ccccn1. The Morgan fingerprint density at radius 1 is 1.50 bits per heavy atom. The maximum atomic E-state index is 11.8. The molecule has 4 heteroatoms. The maximum absolute atomic E-state index is 11.8. The van der Waals surface area contributed by atoms with E-state index in [1.165, 1.54) is 4.90 Å². The van der Waals surface area contributed by atoms with E-state index < -0.39 is 6.04 Å². The largest absolute Gasteiger partial charge is 0.324 e. The lowest BCUT2D eigenvalue weighted by molar-refractivity contribution is -0.134. The molecule has 1 rings (SSSR count). The molecule has 4 nitrogen and oxygen atoms in total. The van der Waals surface area contributed by atoms with Crippen LogP contribution >= 0.6 is 0 Å². The number of aromatic nitrogens is 1. The van der Waals surface area contributed by atoms with Crippen molar-refractivity contribution in [1.82, 2.24) is 9.88 Å². The lowest BCUT2D eigenvalue weighted by Crippen LogP contribution is -2.33. The van der Waals surface area contributed by atoms with Crippen molar-refractivity contribution in [2.75, 3.05) is 7.05 Å². The van der Waals surface area contributed by atoms with Gasteiger partial charge in [0.1, 0.15) is 0 Å². The monoisotopic (exact) mass is 217 g/mol. The highest BCUT2D eigenvalue weighted by atomic mass is 16.2. The fraction of sp³-hybridized carbons (Fsp3) is 0.417. The van der Waals surface area contributed by atoms with Crippen LogP contribution in [-0.4, -0.2) is 22.8 Å². The topological polar surface area (TPSA) is 57.0 Å². The Balaban J connectivity index is 2.93. The summed E-state index contributed by atoms with van der Waals surface area (Å²) in [5.74, 6) is -0.179. The Hall–Kier alpha value is -1.89. The molecule has 0 saturated heterocycles. The van der Waals surface area contributed by atoms with Crippen molar-refractivity contribution in [1.29, 1.82) is 5.26 Å². The summed E-state index contributed by atoms with van der Waals surface area (Å²) < 4.78 is 0. The van der Waals surface area contributed by atoms with Crippen LogP contribution in [0.5, 0.6) is 0 Å². The minimum Gasteiger partial charge on any atom is -0.324 e. The second kappa shape index (κ2) is 5.26. The van der Waals surface area contributed by atoms with E-state index in [1.807, 2.05) is 13.8 Å². The molecule has 0 saturated carbocycles. The van der Waals surface area contributed by atoms with E-state index >= 15 is 0 Å². The van der Waals surface area contributed by atoms with Crippen LogP contribution in [0.4, 0.5) is 0 Å². The zero-order valence-electron chi connectivity index (χ0n) is 9.71. The molecule has 0 bridgehead atoms. The number of rotatable bonds is 3. The summed E-state index contributed by atoms with van der Waals surface area (Å²) in [4.78, 5) is 17.3. The fourth-order valence-corrected chi connectivity index (χ4v) is 1.42. The summed E-state index contributed by atoms with van der Waals surface area (Å²) in [7, 11) is 1.63. The average Bonchev–Trinajstić information content (AvgIpc) is 2.30. The van der Waals surface area contributed by atoms with Gasteiger partial charge in [-0.05, 0) is 12.1 Å². The van der Waals surface area contributed by atoms with Crippen molar-refractivity contribution < 1.29 is 4.79 Å². The van der Waals surface area contributed by atoms with Crippen LogP contribution in [0.1, 0.15) is 25.6 Å². The van der Waals surface area contributed by atoms with Crippen molar-refractivity contribution in [3.63, 3.8) is 0 Å². The fourth-order valence-electron chi connectivity index (χ4n) is 1.42. The quantitative estimate of drug-likeness (QED) is 0.775. The molecule has 16 heavy (non-hydrogen) atoms. The molecule has 1 aromatic heterocycles. The highest BCUT2D eigenvalue weighted by Crippen LogP contribution is 2.17. The number of hydrogen-bond acceptors (Lipinski definition) is 3. The van der Waals surface area contributed by atoms with Gasteiger partial charge >= 0.3 is 0 Å². The van der Waals surface area contributed by atoms with Gasteiger partial charge in [0, 0.05) is 19.2 Å². The Morgan fingerprint density at radius 3 is 2.62 bits per heavy atom. The zero-order chi connectivity index (χ0) is 12.1. The third kappa shape index (κ3) is 2.57. The molecule has 1 unspecified atom stereocenters. The number of hydrogen-bond donors (Lipinski definition) is 0. The summed E-state index contributed by atoms with van der Waals surface area (Å²) in [5, 5.41) is 9.10. The molecule has 0 aromatic carbocycles. The van der Waals surface area contributed by atoms with E-state index in [0.717, 1.165) is 0 Å². The predicted molar refractivity (Wildman–Crippen MR) is 60.2 cm³/mol. The van der Waals surface area contributed by atoms with Gasteiger partial charge in [-0.3, -0.25) is 9.78 Å². The minimum atomic E-state index is -0.615. The maximum Gasteiger partial charge on any atom is 0.226 e. The van der Waals surface area contributed by atoms with Crippen molar-refractivity contribution in [2.24, 2.45) is 5.92 Å². The van der Waals surface area contributed by atoms with Crippen molar-refractivity contribution >= 4 is 5.91 Å². The molecule has 0 N–H and O–H groups in total. The van der Waals surface area contributed by atoms with Crippen LogP contribution in [-0.2, 0) is 4.79 Å². The zero-order valence-corrected chi connectivity index (χ0v) is 9.71. The summed E-state index contributed by atoms with van der Waals surface area (Å²) in [5.41, 5.74) is 0.599. The number of nitriles is 1. The van der Waals surface area contributed by atoms with Crippen LogP contribution in [0.3, 0.4) is 0 Å². The van der Waals surface area contributed by atoms with Crippen LogP contribution in [0.25, 0.3) is 0 Å². The molecule has 0 aliphatic rings. The summed E-state index contributed by atoms with van der Waals surface area (Å²) in [6.45, 7) is 3.62. The van der Waals surface area contributed by atoms with Gasteiger partial charge in [0.2, 0.25) is 5.91 Å². The highest BCUT2D eigenvalue weighted by molar-refractivity contribution is 5.78. The smallest absolute Gasteiger partial charge is 0.226 e. The van der Waals surface area contributed by atoms with E-state index in [1.54, 1.807) is 31.4 Å². The van der Waals surface area contributed by atoms with Crippen molar-refractivity contribution in [3.8, 4) is 6.07 Å². The van der Waals surface area contributed by atoms with Gasteiger partial charge in [-0.2, -0.15) is 5.26 Å². The van der Waals surface area contributed by atoms with Gasteiger partial charge in [-0.1, -0.05) is 19.9 Å². The van der Waals surface area contributed by atoms with Crippen LogP contribution in [0.2, 0.25) is 0 Å². The number of pyridine rings is 1. The first-order chi connectivity index (χ1) is 7.57. The molecular formula is C12H15N3O. The number of amides is 1. The molecule has 0 radical (unpaired) electrons. The Labute approximate surface area is 95.5 Å². The Morgan fingerprint density at radius 2 is 2.19 bits per heavy atom. The second-order valence-electron chi connectivity index (χ2n) is 3.89. The number of carbonyl (C=O) groups is 1. The standard InChI is InChI=1S/C12H15N3O/c1-9(2)12(16)15(3)11(8-13)10-6-4-5-7-14-10/h4-7,9,11H,1-3H3. The molecule has 0 fully saturated rings. The molecule has 84 valence electrons. The van der Waals surface area contributed by atoms with Gasteiger partial charge in [0.25, 0.3) is 0 Å². The van der Waals surface area contributed by atoms with Crippen LogP contribution in [0.15, 0.2) is 24.4 Å². The van der Waals surface area contributed by atoms with E-state index in [-0.39, 0.29) is 11.8 Å². The Bertz CT molecular complexity index is 394. The number of nitrogens with zero attached hydrogens (tertiary/aromatic N) is 3. The van der Waals surface area contributed by atoms with Gasteiger partial charge in [0.15, 0.2) is 6.04 Å². The normalized spacial score (nSPS) is 11.9. The molecule has 1 atom stereocenters. The van der Waals surface area contributed by atoms with E-state index in [0.29, 0.717) is 5.69 Å². The lowest BCUT2D eigenvalue weighted by atomic mass is 10.1. The predicted octanol–water partition coefficient (Wildman–Crippen LogP) is 1.76. The van der Waals surface area contributed by atoms with Crippen LogP contribution in [0, 0.1) is 17.2 Å². The lowest BCUT2D eigenvalue weighted by Gasteiger charge is -2.23. The summed E-state index contributed by atoms with van der Waals surface area (Å²) in [6, 6.07) is 6.82. The summed E-state index contributed by atoms with van der Waals surface area (Å²) >= 11 is 0. The highest BCUT2D eigenvalue weighted by Gasteiger charge is 2.23. The van der Waals surface area contributed by atoms with Gasteiger partial charge in [-0.15, -0.1) is 0 Å². The molecule has 0 aliphatic carbocycles.